The third-order valence-corrected chi connectivity index (χ3v) is 4.01. The average Bonchev–Trinajstić information content (AvgIpc) is 2.56. The van der Waals surface area contributed by atoms with Gasteiger partial charge >= 0.3 is 0 Å². The van der Waals surface area contributed by atoms with Crippen LogP contribution in [0.4, 0.5) is 10.1 Å². The van der Waals surface area contributed by atoms with Crippen molar-refractivity contribution in [3.05, 3.63) is 58.3 Å². The molecule has 128 valence electrons. The third-order valence-electron chi connectivity index (χ3n) is 3.51. The highest BCUT2D eigenvalue weighted by Gasteiger charge is 2.09. The monoisotopic (exact) mass is 394 g/mol. The SMILES string of the molecule is COc1cccc(CN(C)CCC(=O)Nc2ccc(Br)cc2F)c1. The van der Waals surface area contributed by atoms with E-state index in [-0.39, 0.29) is 18.0 Å². The number of nitrogens with zero attached hydrogens (tertiary/aromatic N) is 1. The first-order valence-electron chi connectivity index (χ1n) is 7.54. The molecule has 0 saturated heterocycles. The van der Waals surface area contributed by atoms with Crippen molar-refractivity contribution in [1.82, 2.24) is 4.90 Å². The molecule has 2 aromatic rings. The fourth-order valence-corrected chi connectivity index (χ4v) is 2.59. The van der Waals surface area contributed by atoms with Gasteiger partial charge in [0.2, 0.25) is 5.91 Å². The van der Waals surface area contributed by atoms with Gasteiger partial charge in [0, 0.05) is 24.0 Å². The molecule has 0 aromatic heterocycles. The normalized spacial score (nSPS) is 10.7. The zero-order chi connectivity index (χ0) is 17.5. The second kappa shape index (κ2) is 8.80. The van der Waals surface area contributed by atoms with Crippen molar-refractivity contribution in [2.24, 2.45) is 0 Å². The lowest BCUT2D eigenvalue weighted by molar-refractivity contribution is -0.116. The van der Waals surface area contributed by atoms with Crippen LogP contribution in [-0.2, 0) is 11.3 Å². The molecule has 1 N–H and O–H groups in total. The number of benzene rings is 2. The number of carbonyl (C=O) groups is 1. The van der Waals surface area contributed by atoms with Crippen LogP contribution in [-0.4, -0.2) is 31.5 Å². The lowest BCUT2D eigenvalue weighted by atomic mass is 10.2. The molecule has 0 aliphatic carbocycles. The number of ether oxygens (including phenoxy) is 1. The summed E-state index contributed by atoms with van der Waals surface area (Å²) in [6.45, 7) is 1.28. The first-order chi connectivity index (χ1) is 11.5. The summed E-state index contributed by atoms with van der Waals surface area (Å²) >= 11 is 3.19. The second-order valence-electron chi connectivity index (χ2n) is 5.51. The minimum Gasteiger partial charge on any atom is -0.497 e. The van der Waals surface area contributed by atoms with Gasteiger partial charge in [-0.25, -0.2) is 4.39 Å². The Morgan fingerprint density at radius 3 is 2.79 bits per heavy atom. The van der Waals surface area contributed by atoms with Gasteiger partial charge in [-0.05, 0) is 42.9 Å². The predicted molar refractivity (Wildman–Crippen MR) is 96.7 cm³/mol. The molecule has 0 atom stereocenters. The molecule has 0 unspecified atom stereocenters. The summed E-state index contributed by atoms with van der Waals surface area (Å²) in [5.74, 6) is 0.139. The summed E-state index contributed by atoms with van der Waals surface area (Å²) in [7, 11) is 3.57. The summed E-state index contributed by atoms with van der Waals surface area (Å²) in [4.78, 5) is 14.0. The molecule has 0 fully saturated rings. The fraction of sp³-hybridized carbons (Fsp3) is 0.278. The molecule has 2 aromatic carbocycles. The van der Waals surface area contributed by atoms with E-state index >= 15 is 0 Å². The summed E-state index contributed by atoms with van der Waals surface area (Å²) in [5.41, 5.74) is 1.30. The highest BCUT2D eigenvalue weighted by molar-refractivity contribution is 9.10. The lowest BCUT2D eigenvalue weighted by Crippen LogP contribution is -2.24. The number of hydrogen-bond donors (Lipinski definition) is 1. The van der Waals surface area contributed by atoms with E-state index in [1.165, 1.54) is 12.1 Å². The maximum atomic E-state index is 13.7. The topological polar surface area (TPSA) is 41.6 Å². The van der Waals surface area contributed by atoms with E-state index in [1.54, 1.807) is 13.2 Å². The van der Waals surface area contributed by atoms with Gasteiger partial charge in [-0.2, -0.15) is 0 Å². The molecule has 0 radical (unpaired) electrons. The van der Waals surface area contributed by atoms with E-state index in [9.17, 15) is 9.18 Å². The summed E-state index contributed by atoms with van der Waals surface area (Å²) in [6.07, 6.45) is 0.288. The van der Waals surface area contributed by atoms with Crippen LogP contribution in [0.1, 0.15) is 12.0 Å². The zero-order valence-electron chi connectivity index (χ0n) is 13.7. The van der Waals surface area contributed by atoms with E-state index in [2.05, 4.69) is 21.2 Å². The first kappa shape index (κ1) is 18.4. The molecule has 0 aliphatic heterocycles. The number of hydrogen-bond acceptors (Lipinski definition) is 3. The molecular formula is C18H20BrFN2O2. The zero-order valence-corrected chi connectivity index (χ0v) is 15.3. The maximum absolute atomic E-state index is 13.7. The number of halogens is 2. The Bertz CT molecular complexity index is 709. The van der Waals surface area contributed by atoms with Gasteiger partial charge < -0.3 is 15.0 Å². The number of amides is 1. The molecule has 24 heavy (non-hydrogen) atoms. The standard InChI is InChI=1S/C18H20BrFN2O2/c1-22(12-13-4-3-5-15(10-13)24-2)9-8-18(23)21-17-7-6-14(19)11-16(17)20/h3-7,10-11H,8-9,12H2,1-2H3,(H,21,23). The van der Waals surface area contributed by atoms with Crippen LogP contribution in [0.5, 0.6) is 5.75 Å². The highest BCUT2D eigenvalue weighted by atomic mass is 79.9. The highest BCUT2D eigenvalue weighted by Crippen LogP contribution is 2.19. The van der Waals surface area contributed by atoms with Crippen molar-refractivity contribution in [2.75, 3.05) is 26.0 Å². The van der Waals surface area contributed by atoms with Crippen LogP contribution in [0.3, 0.4) is 0 Å². The Hall–Kier alpha value is -1.92. The minimum atomic E-state index is -0.456. The Labute approximate surface area is 149 Å². The van der Waals surface area contributed by atoms with Crippen molar-refractivity contribution in [2.45, 2.75) is 13.0 Å². The molecule has 4 nitrogen and oxygen atoms in total. The van der Waals surface area contributed by atoms with Gasteiger partial charge in [-0.3, -0.25) is 4.79 Å². The van der Waals surface area contributed by atoms with Crippen molar-refractivity contribution in [1.29, 1.82) is 0 Å². The smallest absolute Gasteiger partial charge is 0.225 e. The Kier molecular flexibility index (Phi) is 6.75. The molecule has 1 amide bonds. The number of carbonyl (C=O) groups excluding carboxylic acids is 1. The van der Waals surface area contributed by atoms with Gasteiger partial charge in [0.15, 0.2) is 0 Å². The maximum Gasteiger partial charge on any atom is 0.225 e. The Morgan fingerprint density at radius 2 is 2.08 bits per heavy atom. The van der Waals surface area contributed by atoms with Crippen molar-refractivity contribution in [3.8, 4) is 5.75 Å². The van der Waals surface area contributed by atoms with Gasteiger partial charge in [-0.1, -0.05) is 28.1 Å². The van der Waals surface area contributed by atoms with Crippen LogP contribution in [0.15, 0.2) is 46.9 Å². The van der Waals surface area contributed by atoms with Gasteiger partial charge in [0.05, 0.1) is 12.8 Å². The molecule has 0 heterocycles. The van der Waals surface area contributed by atoms with E-state index in [4.69, 9.17) is 4.74 Å². The van der Waals surface area contributed by atoms with Gasteiger partial charge in [0.25, 0.3) is 0 Å². The molecule has 0 aliphatic rings. The van der Waals surface area contributed by atoms with E-state index in [1.807, 2.05) is 36.2 Å². The van der Waals surface area contributed by atoms with Crippen molar-refractivity contribution in [3.63, 3.8) is 0 Å². The second-order valence-corrected chi connectivity index (χ2v) is 6.43. The first-order valence-corrected chi connectivity index (χ1v) is 8.33. The van der Waals surface area contributed by atoms with Crippen LogP contribution in [0, 0.1) is 5.82 Å². The molecule has 0 spiro atoms. The molecule has 0 saturated carbocycles. The largest absolute Gasteiger partial charge is 0.497 e. The van der Waals surface area contributed by atoms with Crippen LogP contribution >= 0.6 is 15.9 Å². The van der Waals surface area contributed by atoms with Crippen LogP contribution in [0.25, 0.3) is 0 Å². The molecule has 0 bridgehead atoms. The number of rotatable bonds is 7. The van der Waals surface area contributed by atoms with Crippen LogP contribution < -0.4 is 10.1 Å². The lowest BCUT2D eigenvalue weighted by Gasteiger charge is -2.17. The number of methoxy groups -OCH3 is 1. The van der Waals surface area contributed by atoms with E-state index < -0.39 is 5.82 Å². The number of anilines is 1. The number of nitrogens with one attached hydrogen (secondary N) is 1. The van der Waals surface area contributed by atoms with Gasteiger partial charge in [-0.15, -0.1) is 0 Å². The minimum absolute atomic E-state index is 0.193. The summed E-state index contributed by atoms with van der Waals surface area (Å²) in [5, 5.41) is 2.59. The van der Waals surface area contributed by atoms with Crippen LogP contribution in [0.2, 0.25) is 0 Å². The molecular weight excluding hydrogens is 375 g/mol. The quantitative estimate of drug-likeness (QED) is 0.769. The van der Waals surface area contributed by atoms with Crippen molar-refractivity contribution < 1.29 is 13.9 Å². The molecule has 6 heteroatoms. The third kappa shape index (κ3) is 5.62. The Balaban J connectivity index is 1.82. The molecule has 2 rings (SSSR count). The Morgan fingerprint density at radius 1 is 1.29 bits per heavy atom. The summed E-state index contributed by atoms with van der Waals surface area (Å²) in [6, 6.07) is 12.4. The predicted octanol–water partition coefficient (Wildman–Crippen LogP) is 4.06. The van der Waals surface area contributed by atoms with E-state index in [0.29, 0.717) is 17.6 Å². The van der Waals surface area contributed by atoms with Crippen molar-refractivity contribution >= 4 is 27.5 Å². The van der Waals surface area contributed by atoms with E-state index in [0.717, 1.165) is 11.3 Å². The summed E-state index contributed by atoms with van der Waals surface area (Å²) < 4.78 is 19.5. The fourth-order valence-electron chi connectivity index (χ4n) is 2.26. The average molecular weight is 395 g/mol. The van der Waals surface area contributed by atoms with Gasteiger partial charge in [0.1, 0.15) is 11.6 Å².